The van der Waals surface area contributed by atoms with E-state index in [4.69, 9.17) is 22.1 Å². The zero-order valence-corrected chi connectivity index (χ0v) is 17.3. The van der Waals surface area contributed by atoms with E-state index in [1.54, 1.807) is 13.8 Å². The number of thiophene rings is 1. The summed E-state index contributed by atoms with van der Waals surface area (Å²) in [7, 11) is 0. The molecule has 2 aromatic heterocycles. The van der Waals surface area contributed by atoms with Gasteiger partial charge in [-0.2, -0.15) is 13.2 Å². The van der Waals surface area contributed by atoms with Crippen molar-refractivity contribution >= 4 is 56.4 Å². The average Bonchev–Trinajstić information content (AvgIpc) is 2.97. The molecule has 0 saturated carbocycles. The number of hydrogen-bond acceptors (Lipinski definition) is 6. The third-order valence-electron chi connectivity index (χ3n) is 4.16. The van der Waals surface area contributed by atoms with Crippen molar-refractivity contribution in [1.29, 1.82) is 0 Å². The van der Waals surface area contributed by atoms with Crippen molar-refractivity contribution in [2.75, 3.05) is 17.7 Å². The van der Waals surface area contributed by atoms with Crippen LogP contribution in [-0.4, -0.2) is 23.5 Å². The van der Waals surface area contributed by atoms with E-state index in [-0.39, 0.29) is 33.4 Å². The van der Waals surface area contributed by atoms with Gasteiger partial charge in [0.2, 0.25) is 0 Å². The molecule has 30 heavy (non-hydrogen) atoms. The first-order valence-corrected chi connectivity index (χ1v) is 9.77. The number of amides is 1. The standard InChI is InChI=1S/C19H15ClF3N3O3S/c1-3-29-18(28)10-7-11-14(24)15(30-17(11)25-8(10)2)16(27)26-13-6-9(19(21,22)23)4-5-12(13)20/h4-7H,3,24H2,1-2H3,(H,26,27). The number of nitrogens with one attached hydrogen (secondary N) is 1. The number of aromatic nitrogens is 1. The van der Waals surface area contributed by atoms with Crippen LogP contribution in [0.15, 0.2) is 24.3 Å². The monoisotopic (exact) mass is 457 g/mol. The van der Waals surface area contributed by atoms with Crippen LogP contribution >= 0.6 is 22.9 Å². The van der Waals surface area contributed by atoms with Gasteiger partial charge >= 0.3 is 12.1 Å². The number of benzene rings is 1. The van der Waals surface area contributed by atoms with E-state index in [0.717, 1.165) is 29.5 Å². The number of nitrogens with two attached hydrogens (primary N) is 1. The molecule has 0 unspecified atom stereocenters. The van der Waals surface area contributed by atoms with Crippen molar-refractivity contribution in [3.05, 3.63) is 51.0 Å². The number of anilines is 2. The topological polar surface area (TPSA) is 94.3 Å². The minimum atomic E-state index is -4.59. The zero-order valence-electron chi connectivity index (χ0n) is 15.7. The smallest absolute Gasteiger partial charge is 0.416 e. The molecule has 0 atom stereocenters. The number of halogens is 4. The summed E-state index contributed by atoms with van der Waals surface area (Å²) in [6.07, 6.45) is -4.59. The van der Waals surface area contributed by atoms with Gasteiger partial charge in [0.15, 0.2) is 0 Å². The summed E-state index contributed by atoms with van der Waals surface area (Å²) >= 11 is 6.88. The second-order valence-electron chi connectivity index (χ2n) is 6.19. The number of rotatable bonds is 4. The number of nitrogens with zero attached hydrogens (tertiary/aromatic N) is 1. The van der Waals surface area contributed by atoms with Crippen molar-refractivity contribution < 1.29 is 27.5 Å². The van der Waals surface area contributed by atoms with E-state index in [1.165, 1.54) is 6.07 Å². The third kappa shape index (κ3) is 4.19. The Morgan fingerprint density at radius 2 is 2.00 bits per heavy atom. The largest absolute Gasteiger partial charge is 0.462 e. The Bertz CT molecular complexity index is 1160. The second-order valence-corrected chi connectivity index (χ2v) is 7.59. The van der Waals surface area contributed by atoms with Crippen LogP contribution in [0.1, 0.15) is 38.2 Å². The zero-order chi connectivity index (χ0) is 22.2. The van der Waals surface area contributed by atoms with E-state index in [0.29, 0.717) is 15.9 Å². The van der Waals surface area contributed by atoms with Crippen molar-refractivity contribution in [2.45, 2.75) is 20.0 Å². The van der Waals surface area contributed by atoms with Gasteiger partial charge in [-0.25, -0.2) is 9.78 Å². The number of pyridine rings is 1. The predicted octanol–water partition coefficient (Wildman–Crippen LogP) is 5.29. The number of carbonyl (C=O) groups is 2. The maximum Gasteiger partial charge on any atom is 0.416 e. The van der Waals surface area contributed by atoms with Crippen molar-refractivity contribution in [1.82, 2.24) is 4.98 Å². The predicted molar refractivity (Wildman–Crippen MR) is 109 cm³/mol. The SMILES string of the molecule is CCOC(=O)c1cc2c(N)c(C(=O)Nc3cc(C(F)(F)F)ccc3Cl)sc2nc1C. The molecular weight excluding hydrogens is 443 g/mol. The van der Waals surface area contributed by atoms with E-state index in [9.17, 15) is 22.8 Å². The number of esters is 1. The van der Waals surface area contributed by atoms with Crippen LogP contribution in [0.2, 0.25) is 5.02 Å². The number of fused-ring (bicyclic) bond motifs is 1. The van der Waals surface area contributed by atoms with Crippen LogP contribution < -0.4 is 11.1 Å². The van der Waals surface area contributed by atoms with E-state index in [2.05, 4.69) is 10.3 Å². The average molecular weight is 458 g/mol. The Labute approximate surface area is 177 Å². The fourth-order valence-electron chi connectivity index (χ4n) is 2.69. The van der Waals surface area contributed by atoms with Crippen LogP contribution in [0.4, 0.5) is 24.5 Å². The highest BCUT2D eigenvalue weighted by Gasteiger charge is 2.31. The summed E-state index contributed by atoms with van der Waals surface area (Å²) < 4.78 is 43.8. The Kier molecular flexibility index (Phi) is 5.91. The summed E-state index contributed by atoms with van der Waals surface area (Å²) in [6.45, 7) is 3.46. The molecule has 3 aromatic rings. The Morgan fingerprint density at radius 1 is 1.30 bits per heavy atom. The molecule has 11 heteroatoms. The maximum atomic E-state index is 12.9. The molecule has 0 radical (unpaired) electrons. The molecule has 6 nitrogen and oxygen atoms in total. The summed E-state index contributed by atoms with van der Waals surface area (Å²) in [5, 5.41) is 2.66. The highest BCUT2D eigenvalue weighted by atomic mass is 35.5. The van der Waals surface area contributed by atoms with Crippen molar-refractivity contribution in [2.24, 2.45) is 0 Å². The minimum Gasteiger partial charge on any atom is -0.462 e. The normalized spacial score (nSPS) is 11.5. The van der Waals surface area contributed by atoms with Crippen LogP contribution in [0.25, 0.3) is 10.2 Å². The molecule has 2 heterocycles. The first-order valence-electron chi connectivity index (χ1n) is 8.57. The molecule has 0 saturated heterocycles. The van der Waals surface area contributed by atoms with Crippen molar-refractivity contribution in [3.63, 3.8) is 0 Å². The van der Waals surface area contributed by atoms with Gasteiger partial charge in [0.05, 0.1) is 39.8 Å². The molecule has 0 aliphatic rings. The van der Waals surface area contributed by atoms with Gasteiger partial charge in [0.25, 0.3) is 5.91 Å². The molecule has 0 aliphatic heterocycles. The Balaban J connectivity index is 1.98. The lowest BCUT2D eigenvalue weighted by molar-refractivity contribution is -0.137. The Hall–Kier alpha value is -2.85. The van der Waals surface area contributed by atoms with Gasteiger partial charge in [0.1, 0.15) is 9.71 Å². The summed E-state index contributed by atoms with van der Waals surface area (Å²) in [4.78, 5) is 29.5. The van der Waals surface area contributed by atoms with Gasteiger partial charge < -0.3 is 15.8 Å². The number of ether oxygens (including phenoxy) is 1. The maximum absolute atomic E-state index is 12.9. The van der Waals surface area contributed by atoms with E-state index >= 15 is 0 Å². The fourth-order valence-corrected chi connectivity index (χ4v) is 3.87. The lowest BCUT2D eigenvalue weighted by Gasteiger charge is -2.11. The number of hydrogen-bond donors (Lipinski definition) is 2. The van der Waals surface area contributed by atoms with Crippen LogP contribution in [0.5, 0.6) is 0 Å². The number of alkyl halides is 3. The molecule has 158 valence electrons. The molecular formula is C19H15ClF3N3O3S. The highest BCUT2D eigenvalue weighted by Crippen LogP contribution is 2.37. The summed E-state index contributed by atoms with van der Waals surface area (Å²) in [6, 6.07) is 4.08. The highest BCUT2D eigenvalue weighted by molar-refractivity contribution is 7.21. The lowest BCUT2D eigenvalue weighted by atomic mass is 10.1. The van der Waals surface area contributed by atoms with Crippen LogP contribution in [0, 0.1) is 6.92 Å². The number of nitrogen functional groups attached to an aromatic ring is 1. The molecule has 0 spiro atoms. The minimum absolute atomic E-state index is 0.0337. The Morgan fingerprint density at radius 3 is 2.63 bits per heavy atom. The fraction of sp³-hybridized carbons (Fsp3) is 0.211. The third-order valence-corrected chi connectivity index (χ3v) is 5.60. The summed E-state index contributed by atoms with van der Waals surface area (Å²) in [5.41, 5.74) is 5.57. The molecule has 1 aromatic carbocycles. The van der Waals surface area contributed by atoms with E-state index in [1.807, 2.05) is 0 Å². The molecule has 1 amide bonds. The van der Waals surface area contributed by atoms with E-state index < -0.39 is 23.6 Å². The first-order chi connectivity index (χ1) is 14.0. The molecule has 3 rings (SSSR count). The van der Waals surface area contributed by atoms with Crippen LogP contribution in [0.3, 0.4) is 0 Å². The van der Waals surface area contributed by atoms with Gasteiger partial charge in [-0.05, 0) is 38.1 Å². The summed E-state index contributed by atoms with van der Waals surface area (Å²) in [5.74, 6) is -1.32. The first kappa shape index (κ1) is 21.8. The molecule has 0 bridgehead atoms. The lowest BCUT2D eigenvalue weighted by Crippen LogP contribution is -2.13. The van der Waals surface area contributed by atoms with Crippen molar-refractivity contribution in [3.8, 4) is 0 Å². The quantitative estimate of drug-likeness (QED) is 0.519. The van der Waals surface area contributed by atoms with Gasteiger partial charge in [-0.1, -0.05) is 11.6 Å². The number of carbonyl (C=O) groups excluding carboxylic acids is 2. The number of aryl methyl sites for hydroxylation is 1. The van der Waals surface area contributed by atoms with Crippen LogP contribution in [-0.2, 0) is 10.9 Å². The molecule has 3 N–H and O–H groups in total. The van der Waals surface area contributed by atoms with Gasteiger partial charge in [-0.3, -0.25) is 4.79 Å². The van der Waals surface area contributed by atoms with Gasteiger partial charge in [0, 0.05) is 5.39 Å². The van der Waals surface area contributed by atoms with Gasteiger partial charge in [-0.15, -0.1) is 11.3 Å². The second kappa shape index (κ2) is 8.11. The molecule has 0 aliphatic carbocycles. The molecule has 0 fully saturated rings.